The number of thioether (sulfide) groups is 1. The molecule has 2 atom stereocenters. The number of nitrogens with two attached hydrogens (primary N) is 1. The Morgan fingerprint density at radius 1 is 1.09 bits per heavy atom. The normalized spacial score (nSPS) is 16.3. The number of carbonyl (C=O) groups excluding carboxylic acids is 3. The second-order valence-corrected chi connectivity index (χ2v) is 11.0. The van der Waals surface area contributed by atoms with E-state index in [2.05, 4.69) is 15.3 Å². The number of amides is 3. The van der Waals surface area contributed by atoms with E-state index in [-0.39, 0.29) is 33.7 Å². The van der Waals surface area contributed by atoms with Gasteiger partial charge in [0.2, 0.25) is 17.6 Å². The summed E-state index contributed by atoms with van der Waals surface area (Å²) in [5.74, 6) is -1.57. The number of benzene rings is 3. The maximum absolute atomic E-state index is 13.8. The van der Waals surface area contributed by atoms with Gasteiger partial charge in [0.15, 0.2) is 16.7 Å². The van der Waals surface area contributed by atoms with Gasteiger partial charge in [0, 0.05) is 23.5 Å². The van der Waals surface area contributed by atoms with Gasteiger partial charge in [-0.15, -0.1) is 0 Å². The molecule has 12 heteroatoms. The summed E-state index contributed by atoms with van der Waals surface area (Å²) in [4.78, 5) is 49.2. The topological polar surface area (TPSA) is 159 Å². The number of hydrogen-bond acceptors (Lipinski definition) is 8. The van der Waals surface area contributed by atoms with E-state index in [1.165, 1.54) is 19.1 Å². The minimum atomic E-state index is -1.04. The largest absolute Gasteiger partial charge is 0.502 e. The number of aromatic amines is 1. The molecule has 4 aromatic rings. The maximum Gasteiger partial charge on any atom is 0.267 e. The van der Waals surface area contributed by atoms with E-state index in [9.17, 15) is 19.5 Å². The van der Waals surface area contributed by atoms with Crippen LogP contribution in [-0.2, 0) is 20.8 Å². The lowest BCUT2D eigenvalue weighted by Gasteiger charge is -2.25. The van der Waals surface area contributed by atoms with Crippen LogP contribution in [0.3, 0.4) is 0 Å². The third kappa shape index (κ3) is 6.25. The van der Waals surface area contributed by atoms with Crippen molar-refractivity contribution in [2.24, 2.45) is 10.7 Å². The molecule has 1 aromatic heterocycles. The van der Waals surface area contributed by atoms with Gasteiger partial charge in [0.05, 0.1) is 24.8 Å². The van der Waals surface area contributed by atoms with Crippen LogP contribution >= 0.6 is 11.8 Å². The van der Waals surface area contributed by atoms with E-state index in [0.717, 1.165) is 28.2 Å². The van der Waals surface area contributed by atoms with Gasteiger partial charge in [0.1, 0.15) is 12.1 Å². The van der Waals surface area contributed by atoms with Crippen molar-refractivity contribution >= 4 is 57.3 Å². The van der Waals surface area contributed by atoms with Crippen LogP contribution in [0.5, 0.6) is 17.2 Å². The summed E-state index contributed by atoms with van der Waals surface area (Å²) < 4.78 is 10.5. The number of aromatic nitrogens is 1. The predicted octanol–water partition coefficient (Wildman–Crippen LogP) is 4.10. The van der Waals surface area contributed by atoms with Gasteiger partial charge in [-0.1, -0.05) is 36.4 Å². The number of amidine groups is 1. The molecule has 0 aliphatic carbocycles. The van der Waals surface area contributed by atoms with Crippen molar-refractivity contribution in [3.05, 3.63) is 89.0 Å². The number of methoxy groups -OCH3 is 2. The van der Waals surface area contributed by atoms with E-state index < -0.39 is 29.8 Å². The molecular formula is C32H31N5O6S. The van der Waals surface area contributed by atoms with Crippen LogP contribution in [0.1, 0.15) is 18.1 Å². The number of primary amides is 1. The zero-order valence-electron chi connectivity index (χ0n) is 24.2. The first-order valence-electron chi connectivity index (χ1n) is 13.7. The summed E-state index contributed by atoms with van der Waals surface area (Å²) in [6, 6.07) is 17.7. The first-order chi connectivity index (χ1) is 21.2. The molecule has 1 saturated heterocycles. The number of hydrogen-bond donors (Lipinski definition) is 4. The number of carbonyl (C=O) groups is 3. The van der Waals surface area contributed by atoms with E-state index in [0.29, 0.717) is 11.3 Å². The zero-order chi connectivity index (χ0) is 31.4. The van der Waals surface area contributed by atoms with Gasteiger partial charge >= 0.3 is 0 Å². The number of rotatable bonds is 10. The molecule has 3 amide bonds. The van der Waals surface area contributed by atoms with Crippen LogP contribution in [0.25, 0.3) is 17.0 Å². The van der Waals surface area contributed by atoms with Gasteiger partial charge in [0.25, 0.3) is 5.91 Å². The van der Waals surface area contributed by atoms with E-state index in [4.69, 9.17) is 15.2 Å². The summed E-state index contributed by atoms with van der Waals surface area (Å²) in [6.45, 7) is 1.56. The van der Waals surface area contributed by atoms with Crippen molar-refractivity contribution < 1.29 is 29.0 Å². The number of phenols is 1. The number of nitrogens with one attached hydrogen (secondary N) is 2. The second kappa shape index (κ2) is 13.0. The second-order valence-electron chi connectivity index (χ2n) is 9.99. The molecule has 0 radical (unpaired) electrons. The molecule has 5 N–H and O–H groups in total. The number of aliphatic imine (C=N–C) groups is 1. The van der Waals surface area contributed by atoms with Gasteiger partial charge in [-0.05, 0) is 66.2 Å². The standard InChI is InChI=1S/C32H31N5O6S/c1-18(30(40)36-24(29(33)39)16-20-17-34-23-12-8-7-11-22(20)23)37-31(41)27(44-32(37)35-21-9-5-4-6-10-21)15-19-13-25(42-2)28(38)26(14-19)43-3/h4-15,17-18,24,34,38H,16H2,1-3H3,(H2,33,39)(H,36,40)/t18-,24+/m1/s1. The van der Waals surface area contributed by atoms with E-state index in [1.54, 1.807) is 43.5 Å². The van der Waals surface area contributed by atoms with Crippen molar-refractivity contribution in [1.82, 2.24) is 15.2 Å². The third-order valence-electron chi connectivity index (χ3n) is 7.14. The summed E-state index contributed by atoms with van der Waals surface area (Å²) in [5.41, 5.74) is 8.53. The summed E-state index contributed by atoms with van der Waals surface area (Å²) in [5, 5.41) is 14.2. The van der Waals surface area contributed by atoms with E-state index in [1.807, 2.05) is 42.5 Å². The third-order valence-corrected chi connectivity index (χ3v) is 8.13. The Kier molecular flexibility index (Phi) is 8.91. The molecule has 0 saturated carbocycles. The summed E-state index contributed by atoms with van der Waals surface area (Å²) in [7, 11) is 2.82. The number of nitrogens with zero attached hydrogens (tertiary/aromatic N) is 2. The van der Waals surface area contributed by atoms with Gasteiger partial charge in [-0.2, -0.15) is 0 Å². The number of ether oxygens (including phenoxy) is 2. The van der Waals surface area contributed by atoms with Crippen molar-refractivity contribution in [3.63, 3.8) is 0 Å². The lowest BCUT2D eigenvalue weighted by atomic mass is 10.0. The molecule has 0 bridgehead atoms. The molecule has 44 heavy (non-hydrogen) atoms. The summed E-state index contributed by atoms with van der Waals surface area (Å²) in [6.07, 6.45) is 3.55. The average molecular weight is 614 g/mol. The number of aromatic hydroxyl groups is 1. The van der Waals surface area contributed by atoms with Crippen LogP contribution in [0, 0.1) is 0 Å². The van der Waals surface area contributed by atoms with Crippen molar-refractivity contribution in [2.75, 3.05) is 14.2 Å². The fourth-order valence-corrected chi connectivity index (χ4v) is 5.89. The highest BCUT2D eigenvalue weighted by molar-refractivity contribution is 8.18. The number of fused-ring (bicyclic) bond motifs is 1. The number of phenolic OH excluding ortho intramolecular Hbond substituents is 1. The molecule has 2 heterocycles. The highest BCUT2D eigenvalue weighted by atomic mass is 32.2. The average Bonchev–Trinajstić information content (AvgIpc) is 3.57. The van der Waals surface area contributed by atoms with Gasteiger partial charge in [-0.25, -0.2) is 4.99 Å². The van der Waals surface area contributed by atoms with Gasteiger partial charge < -0.3 is 30.6 Å². The van der Waals surface area contributed by atoms with Crippen LogP contribution < -0.4 is 20.5 Å². The molecule has 3 aromatic carbocycles. The minimum Gasteiger partial charge on any atom is -0.502 e. The first kappa shape index (κ1) is 30.2. The molecule has 226 valence electrons. The lowest BCUT2D eigenvalue weighted by Crippen LogP contribution is -2.53. The number of H-pyrrole nitrogens is 1. The Morgan fingerprint density at radius 2 is 1.75 bits per heavy atom. The van der Waals surface area contributed by atoms with Crippen molar-refractivity contribution in [1.29, 1.82) is 0 Å². The maximum atomic E-state index is 13.8. The molecule has 0 unspecified atom stereocenters. The highest BCUT2D eigenvalue weighted by Gasteiger charge is 2.40. The molecule has 1 fully saturated rings. The van der Waals surface area contributed by atoms with Crippen LogP contribution in [0.2, 0.25) is 0 Å². The van der Waals surface area contributed by atoms with Gasteiger partial charge in [-0.3, -0.25) is 19.3 Å². The number of para-hydroxylation sites is 2. The SMILES string of the molecule is COc1cc(C=C2SC(=Nc3ccccc3)N([C@H](C)C(=O)N[C@@H](Cc3c[nH]c4ccccc34)C(N)=O)C2=O)cc(OC)c1O. The van der Waals surface area contributed by atoms with Crippen molar-refractivity contribution in [3.8, 4) is 17.2 Å². The molecule has 1 aliphatic rings. The quantitative estimate of drug-likeness (QED) is 0.196. The molecular weight excluding hydrogens is 582 g/mol. The Balaban J connectivity index is 1.45. The first-order valence-corrected chi connectivity index (χ1v) is 14.5. The fourth-order valence-electron chi connectivity index (χ4n) is 4.82. The smallest absolute Gasteiger partial charge is 0.267 e. The Bertz CT molecular complexity index is 1760. The molecule has 0 spiro atoms. The van der Waals surface area contributed by atoms with Crippen LogP contribution in [0.15, 0.2) is 82.8 Å². The highest BCUT2D eigenvalue weighted by Crippen LogP contribution is 2.40. The molecule has 11 nitrogen and oxygen atoms in total. The van der Waals surface area contributed by atoms with E-state index >= 15 is 0 Å². The van der Waals surface area contributed by atoms with Crippen LogP contribution in [0.4, 0.5) is 5.69 Å². The predicted molar refractivity (Wildman–Crippen MR) is 170 cm³/mol. The molecule has 1 aliphatic heterocycles. The minimum absolute atomic E-state index is 0.168. The Hall–Kier alpha value is -5.23. The zero-order valence-corrected chi connectivity index (χ0v) is 25.1. The Labute approximate surface area is 257 Å². The molecule has 5 rings (SSSR count). The fraction of sp³-hybridized carbons (Fsp3) is 0.188. The van der Waals surface area contributed by atoms with Crippen LogP contribution in [-0.4, -0.2) is 64.2 Å². The van der Waals surface area contributed by atoms with Crippen molar-refractivity contribution in [2.45, 2.75) is 25.4 Å². The lowest BCUT2D eigenvalue weighted by molar-refractivity contribution is -0.134. The Morgan fingerprint density at radius 3 is 2.41 bits per heavy atom. The monoisotopic (exact) mass is 613 g/mol. The summed E-state index contributed by atoms with van der Waals surface area (Å²) >= 11 is 1.09.